The van der Waals surface area contributed by atoms with E-state index in [1.807, 2.05) is 0 Å². The molecule has 0 heterocycles. The minimum atomic E-state index is 0.0991. The molecular formula is C15H23NO2. The molecule has 0 saturated carbocycles. The molecule has 0 aromatic heterocycles. The molecule has 0 radical (unpaired) electrons. The molecule has 1 aliphatic rings. The summed E-state index contributed by atoms with van der Waals surface area (Å²) in [7, 11) is 0. The highest BCUT2D eigenvalue weighted by molar-refractivity contribution is 5.38. The quantitative estimate of drug-likeness (QED) is 0.756. The Kier molecular flexibility index (Phi) is 4.75. The maximum absolute atomic E-state index is 8.63. The van der Waals surface area contributed by atoms with Crippen LogP contribution in [0.5, 0.6) is 0 Å². The van der Waals surface area contributed by atoms with E-state index < -0.39 is 0 Å². The number of fused-ring (bicyclic) bond motifs is 1. The molecular weight excluding hydrogens is 226 g/mol. The molecule has 18 heavy (non-hydrogen) atoms. The number of ether oxygens (including phenoxy) is 1. The molecule has 100 valence electrons. The van der Waals surface area contributed by atoms with Gasteiger partial charge in [-0.15, -0.1) is 0 Å². The summed E-state index contributed by atoms with van der Waals surface area (Å²) < 4.78 is 5.28. The molecule has 0 amide bonds. The summed E-state index contributed by atoms with van der Waals surface area (Å²) in [5.74, 6) is 0.639. The monoisotopic (exact) mass is 249 g/mol. The van der Waals surface area contributed by atoms with Crippen molar-refractivity contribution in [2.24, 2.45) is 5.92 Å². The first-order valence-electron chi connectivity index (χ1n) is 6.74. The van der Waals surface area contributed by atoms with E-state index in [4.69, 9.17) is 9.84 Å². The highest BCUT2D eigenvalue weighted by Gasteiger charge is 2.28. The number of aliphatic hydroxyl groups is 1. The van der Waals surface area contributed by atoms with Crippen LogP contribution in [0, 0.1) is 12.8 Å². The number of hydrogen-bond donors (Lipinski definition) is 2. The zero-order valence-corrected chi connectivity index (χ0v) is 11.3. The minimum Gasteiger partial charge on any atom is -0.394 e. The zero-order chi connectivity index (χ0) is 13.0. The van der Waals surface area contributed by atoms with Crippen molar-refractivity contribution in [3.63, 3.8) is 0 Å². The van der Waals surface area contributed by atoms with Crippen LogP contribution in [0.1, 0.15) is 29.7 Å². The Labute approximate surface area is 109 Å². The second kappa shape index (κ2) is 6.32. The first-order valence-corrected chi connectivity index (χ1v) is 6.74. The third-order valence-corrected chi connectivity index (χ3v) is 3.59. The molecule has 0 fully saturated rings. The summed E-state index contributed by atoms with van der Waals surface area (Å²) in [5.41, 5.74) is 4.25. The van der Waals surface area contributed by atoms with Crippen molar-refractivity contribution >= 4 is 0 Å². The third kappa shape index (κ3) is 3.10. The van der Waals surface area contributed by atoms with Crippen LogP contribution in [-0.4, -0.2) is 31.5 Å². The van der Waals surface area contributed by atoms with E-state index in [-0.39, 0.29) is 6.61 Å². The molecule has 2 atom stereocenters. The Hall–Kier alpha value is -0.900. The highest BCUT2D eigenvalue weighted by atomic mass is 16.5. The largest absolute Gasteiger partial charge is 0.394 e. The van der Waals surface area contributed by atoms with E-state index in [2.05, 4.69) is 37.4 Å². The number of nitrogens with one attached hydrogen (secondary N) is 1. The summed E-state index contributed by atoms with van der Waals surface area (Å²) in [5, 5.41) is 12.2. The topological polar surface area (TPSA) is 41.5 Å². The molecule has 2 N–H and O–H groups in total. The number of aliphatic hydroxyl groups excluding tert-OH is 1. The molecule has 3 nitrogen and oxygen atoms in total. The summed E-state index contributed by atoms with van der Waals surface area (Å²) >= 11 is 0. The van der Waals surface area contributed by atoms with Crippen LogP contribution in [0.3, 0.4) is 0 Å². The van der Waals surface area contributed by atoms with E-state index in [1.54, 1.807) is 0 Å². The zero-order valence-electron chi connectivity index (χ0n) is 11.3. The molecule has 0 unspecified atom stereocenters. The van der Waals surface area contributed by atoms with Gasteiger partial charge in [-0.3, -0.25) is 0 Å². The molecule has 1 aromatic rings. The van der Waals surface area contributed by atoms with Crippen molar-refractivity contribution in [2.45, 2.75) is 26.3 Å². The number of benzene rings is 1. The Balaban J connectivity index is 1.91. The van der Waals surface area contributed by atoms with Crippen LogP contribution < -0.4 is 5.32 Å². The number of hydrogen-bond acceptors (Lipinski definition) is 3. The van der Waals surface area contributed by atoms with Crippen molar-refractivity contribution in [1.82, 2.24) is 5.32 Å². The van der Waals surface area contributed by atoms with Crippen molar-refractivity contribution in [1.29, 1.82) is 0 Å². The van der Waals surface area contributed by atoms with Gasteiger partial charge in [-0.1, -0.05) is 30.7 Å². The third-order valence-electron chi connectivity index (χ3n) is 3.59. The van der Waals surface area contributed by atoms with Crippen LogP contribution in [0.2, 0.25) is 0 Å². The SMILES string of the molecule is Cc1ccc2c(c1)[C@H](NCCOCCO)[C@H](C)C2. The van der Waals surface area contributed by atoms with Crippen LogP contribution in [0.4, 0.5) is 0 Å². The van der Waals surface area contributed by atoms with E-state index >= 15 is 0 Å². The molecule has 0 spiro atoms. The molecule has 0 saturated heterocycles. The molecule has 0 bridgehead atoms. The van der Waals surface area contributed by atoms with Gasteiger partial charge < -0.3 is 15.2 Å². The Bertz CT molecular complexity index is 392. The maximum Gasteiger partial charge on any atom is 0.0698 e. The fraction of sp³-hybridized carbons (Fsp3) is 0.600. The van der Waals surface area contributed by atoms with Gasteiger partial charge in [-0.25, -0.2) is 0 Å². The smallest absolute Gasteiger partial charge is 0.0698 e. The molecule has 1 aromatic carbocycles. The molecule has 3 heteroatoms. The molecule has 1 aliphatic carbocycles. The van der Waals surface area contributed by atoms with Gasteiger partial charge in [0.2, 0.25) is 0 Å². The van der Waals surface area contributed by atoms with Gasteiger partial charge in [0.15, 0.2) is 0 Å². The van der Waals surface area contributed by atoms with Crippen molar-refractivity contribution in [2.75, 3.05) is 26.4 Å². The van der Waals surface area contributed by atoms with E-state index in [9.17, 15) is 0 Å². The summed E-state index contributed by atoms with van der Waals surface area (Å²) in [6.45, 7) is 6.46. The van der Waals surface area contributed by atoms with Gasteiger partial charge in [-0.05, 0) is 30.4 Å². The second-order valence-corrected chi connectivity index (χ2v) is 5.15. The summed E-state index contributed by atoms with van der Waals surface area (Å²) in [6.07, 6.45) is 1.16. The van der Waals surface area contributed by atoms with Crippen molar-refractivity contribution in [3.8, 4) is 0 Å². The van der Waals surface area contributed by atoms with Gasteiger partial charge in [0, 0.05) is 12.6 Å². The standard InChI is InChI=1S/C15H23NO2/c1-11-3-4-13-10-12(2)15(14(13)9-11)16-5-7-18-8-6-17/h3-4,9,12,15-17H,5-8,10H2,1-2H3/t12-,15-/m1/s1. The van der Waals surface area contributed by atoms with Crippen LogP contribution in [-0.2, 0) is 11.2 Å². The normalized spacial score (nSPS) is 22.2. The number of rotatable bonds is 6. The first-order chi connectivity index (χ1) is 8.72. The number of aryl methyl sites for hydroxylation is 1. The van der Waals surface area contributed by atoms with E-state index in [0.717, 1.165) is 13.0 Å². The van der Waals surface area contributed by atoms with Crippen LogP contribution >= 0.6 is 0 Å². The van der Waals surface area contributed by atoms with E-state index in [1.165, 1.54) is 16.7 Å². The van der Waals surface area contributed by atoms with Crippen LogP contribution in [0.25, 0.3) is 0 Å². The predicted molar refractivity (Wildman–Crippen MR) is 72.7 cm³/mol. The van der Waals surface area contributed by atoms with E-state index in [0.29, 0.717) is 25.2 Å². The maximum atomic E-state index is 8.63. The van der Waals surface area contributed by atoms with Gasteiger partial charge in [0.05, 0.1) is 19.8 Å². The van der Waals surface area contributed by atoms with Crippen molar-refractivity contribution < 1.29 is 9.84 Å². The Morgan fingerprint density at radius 2 is 2.22 bits per heavy atom. The Morgan fingerprint density at radius 3 is 3.00 bits per heavy atom. The summed E-state index contributed by atoms with van der Waals surface area (Å²) in [4.78, 5) is 0. The lowest BCUT2D eigenvalue weighted by Crippen LogP contribution is -2.27. The molecule has 2 rings (SSSR count). The highest BCUT2D eigenvalue weighted by Crippen LogP contribution is 2.36. The first kappa shape index (κ1) is 13.5. The minimum absolute atomic E-state index is 0.0991. The van der Waals surface area contributed by atoms with Crippen LogP contribution in [0.15, 0.2) is 18.2 Å². The lowest BCUT2D eigenvalue weighted by Gasteiger charge is -2.19. The molecule has 0 aliphatic heterocycles. The lowest BCUT2D eigenvalue weighted by atomic mass is 10.0. The van der Waals surface area contributed by atoms with Crippen molar-refractivity contribution in [3.05, 3.63) is 34.9 Å². The fourth-order valence-electron chi connectivity index (χ4n) is 2.73. The predicted octanol–water partition coefficient (Wildman–Crippen LogP) is 1.83. The second-order valence-electron chi connectivity index (χ2n) is 5.15. The summed E-state index contributed by atoms with van der Waals surface area (Å²) in [6, 6.07) is 7.19. The Morgan fingerprint density at radius 1 is 1.39 bits per heavy atom. The van der Waals surface area contributed by atoms with Gasteiger partial charge in [0.1, 0.15) is 0 Å². The average Bonchev–Trinajstić information content (AvgIpc) is 2.65. The lowest BCUT2D eigenvalue weighted by molar-refractivity contribution is 0.0918. The van der Waals surface area contributed by atoms with Gasteiger partial charge >= 0.3 is 0 Å². The fourth-order valence-corrected chi connectivity index (χ4v) is 2.73. The average molecular weight is 249 g/mol. The van der Waals surface area contributed by atoms with Gasteiger partial charge in [-0.2, -0.15) is 0 Å². The van der Waals surface area contributed by atoms with Gasteiger partial charge in [0.25, 0.3) is 0 Å².